The molecule has 0 aliphatic carbocycles. The van der Waals surface area contributed by atoms with Gasteiger partial charge in [0, 0.05) is 12.0 Å². The van der Waals surface area contributed by atoms with Gasteiger partial charge in [-0.15, -0.1) is 0 Å². The molecule has 0 saturated heterocycles. The Balaban J connectivity index is 2.32. The maximum atomic E-state index is 12.3. The normalized spacial score (nSPS) is 22.0. The summed E-state index contributed by atoms with van der Waals surface area (Å²) < 4.78 is 29.4. The molecule has 1 aliphatic heterocycles. The monoisotopic (exact) mass is 307 g/mol. The summed E-state index contributed by atoms with van der Waals surface area (Å²) in [6.45, 7) is 5.53. The number of benzene rings is 1. The van der Waals surface area contributed by atoms with E-state index in [1.807, 2.05) is 24.3 Å². The van der Waals surface area contributed by atoms with E-state index in [4.69, 9.17) is 4.74 Å². The van der Waals surface area contributed by atoms with Crippen LogP contribution in [0.5, 0.6) is 5.75 Å². The van der Waals surface area contributed by atoms with Gasteiger partial charge in [0.25, 0.3) is 0 Å². The summed E-state index contributed by atoms with van der Waals surface area (Å²) in [5, 5.41) is 9.69. The standard InChI is InChI=1S/C16H21NO3S/c1-15(2,3)21(18,19)11-9-16(12-17)8-10-20-14-7-5-4-6-13(14)16/h4-7H,8-11H2,1-3H3. The van der Waals surface area contributed by atoms with Gasteiger partial charge in [0.1, 0.15) is 5.75 Å². The first-order chi connectivity index (χ1) is 9.72. The van der Waals surface area contributed by atoms with E-state index in [0.717, 1.165) is 5.56 Å². The Labute approximate surface area is 126 Å². The zero-order valence-corrected chi connectivity index (χ0v) is 13.5. The second kappa shape index (κ2) is 5.34. The third-order valence-corrected chi connectivity index (χ3v) is 6.74. The van der Waals surface area contributed by atoms with Crippen molar-refractivity contribution in [2.75, 3.05) is 12.4 Å². The Morgan fingerprint density at radius 3 is 2.62 bits per heavy atom. The maximum absolute atomic E-state index is 12.3. The lowest BCUT2D eigenvalue weighted by Crippen LogP contribution is -2.37. The molecule has 1 aromatic rings. The largest absolute Gasteiger partial charge is 0.493 e. The average molecular weight is 307 g/mol. The van der Waals surface area contributed by atoms with Gasteiger partial charge in [-0.1, -0.05) is 18.2 Å². The van der Waals surface area contributed by atoms with E-state index in [2.05, 4.69) is 6.07 Å². The first-order valence-electron chi connectivity index (χ1n) is 7.08. The minimum Gasteiger partial charge on any atom is -0.493 e. The lowest BCUT2D eigenvalue weighted by molar-refractivity contribution is 0.239. The fourth-order valence-electron chi connectivity index (χ4n) is 2.50. The van der Waals surface area contributed by atoms with Crippen molar-refractivity contribution in [1.82, 2.24) is 0 Å². The molecule has 21 heavy (non-hydrogen) atoms. The molecule has 114 valence electrons. The second-order valence-corrected chi connectivity index (χ2v) is 9.33. The molecular weight excluding hydrogens is 286 g/mol. The van der Waals surface area contributed by atoms with Gasteiger partial charge in [-0.3, -0.25) is 0 Å². The molecule has 0 amide bonds. The van der Waals surface area contributed by atoms with E-state index >= 15 is 0 Å². The minimum absolute atomic E-state index is 0.0123. The van der Waals surface area contributed by atoms with Crippen LogP contribution >= 0.6 is 0 Å². The summed E-state index contributed by atoms with van der Waals surface area (Å²) in [7, 11) is -3.24. The van der Waals surface area contributed by atoms with E-state index in [1.165, 1.54) is 0 Å². The first kappa shape index (κ1) is 15.8. The number of fused-ring (bicyclic) bond motifs is 1. The van der Waals surface area contributed by atoms with Gasteiger partial charge in [0.05, 0.1) is 28.6 Å². The van der Waals surface area contributed by atoms with E-state index in [1.54, 1.807) is 20.8 Å². The van der Waals surface area contributed by atoms with Gasteiger partial charge in [-0.05, 0) is 33.3 Å². The highest BCUT2D eigenvalue weighted by Gasteiger charge is 2.40. The van der Waals surface area contributed by atoms with Gasteiger partial charge in [-0.25, -0.2) is 8.42 Å². The fourth-order valence-corrected chi connectivity index (χ4v) is 3.73. The number of nitriles is 1. The van der Waals surface area contributed by atoms with Crippen LogP contribution in [0.25, 0.3) is 0 Å². The Morgan fingerprint density at radius 1 is 1.33 bits per heavy atom. The molecule has 0 radical (unpaired) electrons. The Kier molecular flexibility index (Phi) is 4.03. The van der Waals surface area contributed by atoms with Crippen LogP contribution in [0.1, 0.15) is 39.2 Å². The number of rotatable bonds is 3. The van der Waals surface area contributed by atoms with E-state index in [0.29, 0.717) is 25.2 Å². The molecule has 4 nitrogen and oxygen atoms in total. The van der Waals surface area contributed by atoms with E-state index in [-0.39, 0.29) is 5.75 Å². The Morgan fingerprint density at radius 2 is 2.00 bits per heavy atom. The summed E-state index contributed by atoms with van der Waals surface area (Å²) in [5.74, 6) is 0.705. The van der Waals surface area contributed by atoms with Crippen LogP contribution in [0, 0.1) is 11.3 Å². The van der Waals surface area contributed by atoms with Gasteiger partial charge in [-0.2, -0.15) is 5.26 Å². The van der Waals surface area contributed by atoms with E-state index in [9.17, 15) is 13.7 Å². The van der Waals surface area contributed by atoms with E-state index < -0.39 is 20.0 Å². The first-order valence-corrected chi connectivity index (χ1v) is 8.73. The molecule has 0 fully saturated rings. The minimum atomic E-state index is -3.24. The molecule has 0 N–H and O–H groups in total. The van der Waals surface area contributed by atoms with Crippen molar-refractivity contribution < 1.29 is 13.2 Å². The number of nitrogens with zero attached hydrogens (tertiary/aromatic N) is 1. The highest BCUT2D eigenvalue weighted by atomic mass is 32.2. The zero-order valence-electron chi connectivity index (χ0n) is 12.7. The van der Waals surface area contributed by atoms with Gasteiger partial charge >= 0.3 is 0 Å². The lowest BCUT2D eigenvalue weighted by atomic mass is 9.75. The van der Waals surface area contributed by atoms with Crippen molar-refractivity contribution in [2.45, 2.75) is 43.8 Å². The Bertz CT molecular complexity index is 667. The molecule has 0 saturated carbocycles. The molecular formula is C16H21NO3S. The third kappa shape index (κ3) is 2.91. The van der Waals surface area contributed by atoms with Crippen LogP contribution in [0.2, 0.25) is 0 Å². The van der Waals surface area contributed by atoms with Crippen molar-refractivity contribution >= 4 is 9.84 Å². The van der Waals surface area contributed by atoms with Crippen LogP contribution < -0.4 is 4.74 Å². The van der Waals surface area contributed by atoms with Crippen LogP contribution in [0.15, 0.2) is 24.3 Å². The summed E-state index contributed by atoms with van der Waals surface area (Å²) >= 11 is 0. The molecule has 0 spiro atoms. The molecule has 1 aromatic carbocycles. The number of hydrogen-bond donors (Lipinski definition) is 0. The molecule has 0 bridgehead atoms. The fraction of sp³-hybridized carbons (Fsp3) is 0.562. The topological polar surface area (TPSA) is 67.2 Å². The van der Waals surface area contributed by atoms with Crippen molar-refractivity contribution in [1.29, 1.82) is 5.26 Å². The summed E-state index contributed by atoms with van der Waals surface area (Å²) in [6, 6.07) is 9.77. The van der Waals surface area contributed by atoms with Crippen molar-refractivity contribution in [3.63, 3.8) is 0 Å². The molecule has 1 heterocycles. The molecule has 1 atom stereocenters. The van der Waals surface area contributed by atoms with Gasteiger partial charge in [0.15, 0.2) is 9.84 Å². The Hall–Kier alpha value is -1.54. The molecule has 0 aromatic heterocycles. The van der Waals surface area contributed by atoms with Gasteiger partial charge in [0.2, 0.25) is 0 Å². The third-order valence-electron chi connectivity index (χ3n) is 4.13. The van der Waals surface area contributed by atoms with Crippen molar-refractivity contribution in [3.8, 4) is 11.8 Å². The maximum Gasteiger partial charge on any atom is 0.155 e. The smallest absolute Gasteiger partial charge is 0.155 e. The quantitative estimate of drug-likeness (QED) is 0.861. The lowest BCUT2D eigenvalue weighted by Gasteiger charge is -2.33. The predicted octanol–water partition coefficient (Wildman–Crippen LogP) is 2.83. The van der Waals surface area contributed by atoms with Gasteiger partial charge < -0.3 is 4.74 Å². The van der Waals surface area contributed by atoms with Crippen molar-refractivity contribution in [3.05, 3.63) is 29.8 Å². The molecule has 5 heteroatoms. The number of hydrogen-bond acceptors (Lipinski definition) is 4. The van der Waals surface area contributed by atoms with Crippen LogP contribution in [0.3, 0.4) is 0 Å². The van der Waals surface area contributed by atoms with Crippen LogP contribution in [-0.2, 0) is 15.3 Å². The number of para-hydroxylation sites is 1. The molecule has 1 unspecified atom stereocenters. The molecule has 1 aliphatic rings. The highest BCUT2D eigenvalue weighted by Crippen LogP contribution is 2.41. The zero-order chi connectivity index (χ0) is 15.7. The van der Waals surface area contributed by atoms with Crippen molar-refractivity contribution in [2.24, 2.45) is 0 Å². The SMILES string of the molecule is CC(C)(C)S(=O)(=O)CCC1(C#N)CCOc2ccccc21. The summed E-state index contributed by atoms with van der Waals surface area (Å²) in [4.78, 5) is 0. The number of sulfone groups is 1. The molecule has 2 rings (SSSR count). The van der Waals surface area contributed by atoms with Crippen LogP contribution in [0.4, 0.5) is 0 Å². The summed E-state index contributed by atoms with van der Waals surface area (Å²) in [6.07, 6.45) is 0.837. The second-order valence-electron chi connectivity index (χ2n) is 6.47. The predicted molar refractivity (Wildman–Crippen MR) is 82.0 cm³/mol. The average Bonchev–Trinajstić information content (AvgIpc) is 2.44. The van der Waals surface area contributed by atoms with Crippen LogP contribution in [-0.4, -0.2) is 25.5 Å². The highest BCUT2D eigenvalue weighted by molar-refractivity contribution is 7.92. The summed E-state index contributed by atoms with van der Waals surface area (Å²) in [5.41, 5.74) is 0.0375. The number of ether oxygens (including phenoxy) is 1.